The number of amides is 1. The van der Waals surface area contributed by atoms with E-state index in [-0.39, 0.29) is 16.6 Å². The maximum atomic E-state index is 12.6. The summed E-state index contributed by atoms with van der Waals surface area (Å²) in [7, 11) is -2.85. The molecule has 3 rings (SSSR count). The van der Waals surface area contributed by atoms with Crippen molar-refractivity contribution in [1.82, 2.24) is 9.97 Å². The molecule has 142 valence electrons. The number of benzene rings is 2. The Labute approximate surface area is 155 Å². The van der Waals surface area contributed by atoms with E-state index in [1.54, 1.807) is 12.1 Å². The van der Waals surface area contributed by atoms with Crippen LogP contribution >= 0.6 is 0 Å². The highest BCUT2D eigenvalue weighted by atomic mass is 32.2. The Bertz CT molecular complexity index is 1080. The quantitative estimate of drug-likeness (QED) is 0.620. The summed E-state index contributed by atoms with van der Waals surface area (Å²) in [4.78, 5) is 18.1. The second kappa shape index (κ2) is 7.54. The molecule has 0 bridgehead atoms. The third-order valence-electron chi connectivity index (χ3n) is 3.47. The SMILES string of the molecule is CCOc1cccc(OS(=O)(=O)c2ccc3[nH]c(NC(=O)OC)nc3c2)c1. The van der Waals surface area contributed by atoms with Crippen LogP contribution in [0.2, 0.25) is 0 Å². The average molecular weight is 391 g/mol. The van der Waals surface area contributed by atoms with Crippen LogP contribution in [0.4, 0.5) is 10.7 Å². The molecule has 2 aromatic carbocycles. The lowest BCUT2D eigenvalue weighted by atomic mass is 10.3. The van der Waals surface area contributed by atoms with Gasteiger partial charge in [0.2, 0.25) is 5.95 Å². The molecule has 9 nitrogen and oxygen atoms in total. The number of nitrogens with zero attached hydrogens (tertiary/aromatic N) is 1. The van der Waals surface area contributed by atoms with E-state index in [0.29, 0.717) is 23.4 Å². The third kappa shape index (κ3) is 4.29. The molecule has 0 unspecified atom stereocenters. The molecule has 1 heterocycles. The van der Waals surface area contributed by atoms with Crippen LogP contribution < -0.4 is 14.2 Å². The lowest BCUT2D eigenvalue weighted by molar-refractivity contribution is 0.186. The summed E-state index contributed by atoms with van der Waals surface area (Å²) >= 11 is 0. The van der Waals surface area contributed by atoms with Gasteiger partial charge in [0.1, 0.15) is 16.4 Å². The fourth-order valence-electron chi connectivity index (χ4n) is 2.31. The fourth-order valence-corrected chi connectivity index (χ4v) is 3.25. The van der Waals surface area contributed by atoms with E-state index >= 15 is 0 Å². The zero-order chi connectivity index (χ0) is 19.4. The Morgan fingerprint density at radius 2 is 1.96 bits per heavy atom. The first-order chi connectivity index (χ1) is 12.9. The summed E-state index contributed by atoms with van der Waals surface area (Å²) in [6, 6.07) is 10.6. The topological polar surface area (TPSA) is 120 Å². The predicted molar refractivity (Wildman–Crippen MR) is 97.5 cm³/mol. The van der Waals surface area contributed by atoms with Gasteiger partial charge in [-0.1, -0.05) is 6.07 Å². The number of nitrogens with one attached hydrogen (secondary N) is 2. The first-order valence-corrected chi connectivity index (χ1v) is 9.34. The van der Waals surface area contributed by atoms with Crippen molar-refractivity contribution in [2.24, 2.45) is 0 Å². The van der Waals surface area contributed by atoms with E-state index in [1.807, 2.05) is 6.92 Å². The highest BCUT2D eigenvalue weighted by molar-refractivity contribution is 7.87. The normalized spacial score (nSPS) is 11.2. The van der Waals surface area contributed by atoms with Gasteiger partial charge < -0.3 is 18.6 Å². The molecule has 0 aliphatic carbocycles. The molecule has 10 heteroatoms. The molecule has 0 aliphatic rings. The molecule has 0 fully saturated rings. The molecule has 0 saturated heterocycles. The molecule has 1 amide bonds. The van der Waals surface area contributed by atoms with Crippen LogP contribution in [0.1, 0.15) is 6.92 Å². The van der Waals surface area contributed by atoms with Crippen molar-refractivity contribution in [3.8, 4) is 11.5 Å². The number of H-pyrrole nitrogens is 1. The number of methoxy groups -OCH3 is 1. The number of aromatic amines is 1. The molecule has 0 atom stereocenters. The van der Waals surface area contributed by atoms with E-state index in [4.69, 9.17) is 8.92 Å². The Morgan fingerprint density at radius 3 is 2.70 bits per heavy atom. The van der Waals surface area contributed by atoms with E-state index in [1.165, 1.54) is 37.4 Å². The molecule has 1 aromatic heterocycles. The molecule has 0 saturated carbocycles. The van der Waals surface area contributed by atoms with Gasteiger partial charge in [0.25, 0.3) is 0 Å². The van der Waals surface area contributed by atoms with E-state index in [2.05, 4.69) is 20.0 Å². The Morgan fingerprint density at radius 1 is 1.19 bits per heavy atom. The first-order valence-electron chi connectivity index (χ1n) is 7.93. The number of fused-ring (bicyclic) bond motifs is 1. The van der Waals surface area contributed by atoms with Crippen molar-refractivity contribution in [2.45, 2.75) is 11.8 Å². The number of imidazole rings is 1. The van der Waals surface area contributed by atoms with Crippen LogP contribution in [-0.4, -0.2) is 38.2 Å². The standard InChI is InChI=1S/C17H17N3O6S/c1-3-25-11-5-4-6-12(9-11)26-27(22,23)13-7-8-14-15(10-13)19-16(18-14)20-17(21)24-2/h4-10H,3H2,1-2H3,(H2,18,19,20,21). The first kappa shape index (κ1) is 18.5. The number of ether oxygens (including phenoxy) is 2. The van der Waals surface area contributed by atoms with Gasteiger partial charge in [0.15, 0.2) is 0 Å². The lowest BCUT2D eigenvalue weighted by Gasteiger charge is -2.09. The average Bonchev–Trinajstić information content (AvgIpc) is 3.03. The minimum atomic E-state index is -4.08. The highest BCUT2D eigenvalue weighted by Gasteiger charge is 2.19. The number of hydrogen-bond donors (Lipinski definition) is 2. The van der Waals surface area contributed by atoms with Crippen LogP contribution in [-0.2, 0) is 14.9 Å². The summed E-state index contributed by atoms with van der Waals surface area (Å²) < 4.78 is 40.1. The van der Waals surface area contributed by atoms with Crippen LogP contribution in [0.3, 0.4) is 0 Å². The second-order valence-corrected chi connectivity index (χ2v) is 6.87. The molecule has 0 spiro atoms. The van der Waals surface area contributed by atoms with Crippen molar-refractivity contribution in [2.75, 3.05) is 19.0 Å². The van der Waals surface area contributed by atoms with Gasteiger partial charge in [-0.2, -0.15) is 8.42 Å². The second-order valence-electron chi connectivity index (χ2n) is 5.33. The van der Waals surface area contributed by atoms with Crippen molar-refractivity contribution in [3.63, 3.8) is 0 Å². The summed E-state index contributed by atoms with van der Waals surface area (Å²) in [6.07, 6.45) is -0.695. The van der Waals surface area contributed by atoms with Crippen LogP contribution in [0.15, 0.2) is 47.4 Å². The summed E-state index contributed by atoms with van der Waals surface area (Å²) in [6.45, 7) is 2.28. The number of anilines is 1. The van der Waals surface area contributed by atoms with Gasteiger partial charge in [-0.05, 0) is 37.3 Å². The van der Waals surface area contributed by atoms with E-state index in [9.17, 15) is 13.2 Å². The Hall–Kier alpha value is -3.27. The van der Waals surface area contributed by atoms with Crippen LogP contribution in [0.25, 0.3) is 11.0 Å². The van der Waals surface area contributed by atoms with Crippen molar-refractivity contribution >= 4 is 33.2 Å². The van der Waals surface area contributed by atoms with Crippen molar-refractivity contribution in [1.29, 1.82) is 0 Å². The van der Waals surface area contributed by atoms with Gasteiger partial charge in [-0.15, -0.1) is 0 Å². The van der Waals surface area contributed by atoms with Gasteiger partial charge in [0, 0.05) is 6.07 Å². The molecule has 3 aromatic rings. The van der Waals surface area contributed by atoms with Gasteiger partial charge in [0.05, 0.1) is 24.8 Å². The van der Waals surface area contributed by atoms with Crippen molar-refractivity contribution in [3.05, 3.63) is 42.5 Å². The smallest absolute Gasteiger partial charge is 0.413 e. The maximum Gasteiger partial charge on any atom is 0.413 e. The number of carbonyl (C=O) groups excluding carboxylic acids is 1. The molecule has 2 N–H and O–H groups in total. The fraction of sp³-hybridized carbons (Fsp3) is 0.176. The van der Waals surface area contributed by atoms with Crippen molar-refractivity contribution < 1.29 is 26.9 Å². The van der Waals surface area contributed by atoms with E-state index < -0.39 is 16.2 Å². The Kier molecular flexibility index (Phi) is 5.17. The monoisotopic (exact) mass is 391 g/mol. The maximum absolute atomic E-state index is 12.6. The van der Waals surface area contributed by atoms with Gasteiger partial charge >= 0.3 is 16.2 Å². The number of rotatable bonds is 6. The van der Waals surface area contributed by atoms with Gasteiger partial charge in [-0.25, -0.2) is 9.78 Å². The molecular formula is C17H17N3O6S. The predicted octanol–water partition coefficient (Wildman–Crippen LogP) is 2.91. The summed E-state index contributed by atoms with van der Waals surface area (Å²) in [5.41, 5.74) is 0.882. The minimum absolute atomic E-state index is 0.0760. The zero-order valence-corrected chi connectivity index (χ0v) is 15.4. The number of hydrogen-bond acceptors (Lipinski definition) is 7. The minimum Gasteiger partial charge on any atom is -0.494 e. The number of carbonyl (C=O) groups is 1. The Balaban J connectivity index is 1.86. The number of aromatic nitrogens is 2. The lowest BCUT2D eigenvalue weighted by Crippen LogP contribution is -2.11. The molecule has 0 radical (unpaired) electrons. The third-order valence-corrected chi connectivity index (χ3v) is 4.71. The largest absolute Gasteiger partial charge is 0.494 e. The van der Waals surface area contributed by atoms with Crippen LogP contribution in [0, 0.1) is 0 Å². The molecule has 27 heavy (non-hydrogen) atoms. The molecule has 0 aliphatic heterocycles. The van der Waals surface area contributed by atoms with E-state index in [0.717, 1.165) is 0 Å². The summed E-state index contributed by atoms with van der Waals surface area (Å²) in [5, 5.41) is 2.37. The van der Waals surface area contributed by atoms with Gasteiger partial charge in [-0.3, -0.25) is 5.32 Å². The molecular weight excluding hydrogens is 374 g/mol. The zero-order valence-electron chi connectivity index (χ0n) is 14.6. The highest BCUT2D eigenvalue weighted by Crippen LogP contribution is 2.25. The van der Waals surface area contributed by atoms with Crippen LogP contribution in [0.5, 0.6) is 11.5 Å². The summed E-state index contributed by atoms with van der Waals surface area (Å²) in [5.74, 6) is 0.777.